The Bertz CT molecular complexity index is 1040. The molecule has 1 fully saturated rings. The van der Waals surface area contributed by atoms with E-state index in [9.17, 15) is 9.59 Å². The molecule has 0 atom stereocenters. The molecule has 4 rings (SSSR count). The van der Waals surface area contributed by atoms with Gasteiger partial charge in [0.05, 0.1) is 17.0 Å². The molecule has 3 aromatic rings. The van der Waals surface area contributed by atoms with Crippen molar-refractivity contribution in [1.29, 1.82) is 0 Å². The number of carbonyl (C=O) groups is 2. The summed E-state index contributed by atoms with van der Waals surface area (Å²) in [4.78, 5) is 34.2. The number of hydrogen-bond acceptors (Lipinski definition) is 6. The average molecular weight is 441 g/mol. The normalized spacial score (nSPS) is 14.1. The van der Waals surface area contributed by atoms with Crippen LogP contribution in [0.2, 0.25) is 0 Å². The van der Waals surface area contributed by atoms with Crippen molar-refractivity contribution < 1.29 is 9.59 Å². The minimum absolute atomic E-state index is 0.0806. The number of thiazole rings is 1. The molecule has 1 aliphatic rings. The second-order valence-electron chi connectivity index (χ2n) is 7.41. The van der Waals surface area contributed by atoms with Crippen molar-refractivity contribution >= 4 is 45.3 Å². The van der Waals surface area contributed by atoms with Crippen molar-refractivity contribution in [2.24, 2.45) is 0 Å². The van der Waals surface area contributed by atoms with E-state index < -0.39 is 0 Å². The number of amides is 2. The van der Waals surface area contributed by atoms with E-state index in [2.05, 4.69) is 47.2 Å². The monoisotopic (exact) mass is 440 g/mol. The van der Waals surface area contributed by atoms with E-state index in [4.69, 9.17) is 0 Å². The summed E-state index contributed by atoms with van der Waals surface area (Å²) in [6, 6.07) is 10.1. The molecule has 3 heterocycles. The van der Waals surface area contributed by atoms with Crippen LogP contribution >= 0.6 is 22.7 Å². The molecule has 0 radical (unpaired) electrons. The summed E-state index contributed by atoms with van der Waals surface area (Å²) in [7, 11) is 0. The van der Waals surface area contributed by atoms with E-state index in [0.717, 1.165) is 13.1 Å². The summed E-state index contributed by atoms with van der Waals surface area (Å²) < 4.78 is 0. The number of nitrogens with one attached hydrogen (secondary N) is 1. The highest BCUT2D eigenvalue weighted by Gasteiger charge is 2.23. The van der Waals surface area contributed by atoms with E-state index in [1.165, 1.54) is 39.5 Å². The highest BCUT2D eigenvalue weighted by Crippen LogP contribution is 2.23. The molecule has 0 aliphatic carbocycles. The lowest BCUT2D eigenvalue weighted by atomic mass is 10.1. The van der Waals surface area contributed by atoms with E-state index in [1.54, 1.807) is 6.07 Å². The average Bonchev–Trinajstić information content (AvgIpc) is 3.42. The van der Waals surface area contributed by atoms with Crippen LogP contribution < -0.4 is 10.2 Å². The molecule has 1 saturated heterocycles. The minimum atomic E-state index is -0.167. The third-order valence-corrected chi connectivity index (χ3v) is 6.86. The third-order valence-electron chi connectivity index (χ3n) is 5.19. The smallest absolute Gasteiger partial charge is 0.267 e. The Hall–Kier alpha value is -2.71. The highest BCUT2D eigenvalue weighted by atomic mass is 32.1. The summed E-state index contributed by atoms with van der Waals surface area (Å²) in [5.74, 6) is -0.0863. The molecule has 0 saturated carbocycles. The van der Waals surface area contributed by atoms with Gasteiger partial charge in [0.1, 0.15) is 0 Å². The number of aryl methyl sites for hydroxylation is 2. The molecular formula is C22H24N4O2S2. The Morgan fingerprint density at radius 2 is 1.90 bits per heavy atom. The standard InChI is InChI=1S/C22H24N4O2S2/c1-15-5-6-16(2)18(12-15)25-7-9-26(10-8-25)20(27)13-17-14-30-22(23-17)24-21(28)19-4-3-11-29-19/h3-6,11-12,14H,7-10,13H2,1-2H3,(H,23,24,28). The first-order valence-corrected chi connectivity index (χ1v) is 11.6. The Morgan fingerprint density at radius 3 is 2.63 bits per heavy atom. The van der Waals surface area contributed by atoms with E-state index in [-0.39, 0.29) is 18.2 Å². The van der Waals surface area contributed by atoms with Gasteiger partial charge in [0.25, 0.3) is 5.91 Å². The van der Waals surface area contributed by atoms with E-state index in [0.29, 0.717) is 28.8 Å². The van der Waals surface area contributed by atoms with Gasteiger partial charge < -0.3 is 9.80 Å². The van der Waals surface area contributed by atoms with Crippen molar-refractivity contribution in [3.8, 4) is 0 Å². The maximum atomic E-state index is 12.7. The van der Waals surface area contributed by atoms with Crippen LogP contribution in [0.4, 0.5) is 10.8 Å². The molecule has 0 spiro atoms. The van der Waals surface area contributed by atoms with Crippen LogP contribution in [0.5, 0.6) is 0 Å². The minimum Gasteiger partial charge on any atom is -0.368 e. The fraction of sp³-hybridized carbons (Fsp3) is 0.318. The zero-order chi connectivity index (χ0) is 21.1. The number of carbonyl (C=O) groups excluding carboxylic acids is 2. The van der Waals surface area contributed by atoms with Crippen LogP contribution in [0.3, 0.4) is 0 Å². The summed E-state index contributed by atoms with van der Waals surface area (Å²) >= 11 is 2.73. The zero-order valence-electron chi connectivity index (χ0n) is 17.1. The lowest BCUT2D eigenvalue weighted by Crippen LogP contribution is -2.49. The van der Waals surface area contributed by atoms with Gasteiger partial charge in [-0.2, -0.15) is 0 Å². The number of benzene rings is 1. The fourth-order valence-corrected chi connectivity index (χ4v) is 4.86. The maximum absolute atomic E-state index is 12.7. The van der Waals surface area contributed by atoms with Crippen LogP contribution in [0.1, 0.15) is 26.5 Å². The fourth-order valence-electron chi connectivity index (χ4n) is 3.54. The lowest BCUT2D eigenvalue weighted by Gasteiger charge is -2.37. The molecule has 30 heavy (non-hydrogen) atoms. The summed E-state index contributed by atoms with van der Waals surface area (Å²) in [5, 5.41) is 7.03. The molecule has 1 aromatic carbocycles. The van der Waals surface area contributed by atoms with Gasteiger partial charge in [-0.05, 0) is 42.5 Å². The van der Waals surface area contributed by atoms with Gasteiger partial charge in [0.15, 0.2) is 5.13 Å². The van der Waals surface area contributed by atoms with Gasteiger partial charge in [0, 0.05) is 37.2 Å². The molecule has 0 unspecified atom stereocenters. The van der Waals surface area contributed by atoms with Crippen LogP contribution in [-0.2, 0) is 11.2 Å². The second-order valence-corrected chi connectivity index (χ2v) is 9.22. The van der Waals surface area contributed by atoms with E-state index in [1.807, 2.05) is 21.7 Å². The number of nitrogens with zero attached hydrogens (tertiary/aromatic N) is 3. The Labute approximate surface area is 184 Å². The summed E-state index contributed by atoms with van der Waals surface area (Å²) in [6.07, 6.45) is 0.259. The molecule has 1 aliphatic heterocycles. The molecule has 2 aromatic heterocycles. The van der Waals surface area contributed by atoms with Crippen molar-refractivity contribution in [3.05, 3.63) is 62.8 Å². The quantitative estimate of drug-likeness (QED) is 0.652. The predicted molar refractivity (Wildman–Crippen MR) is 123 cm³/mol. The third kappa shape index (κ3) is 4.71. The zero-order valence-corrected chi connectivity index (χ0v) is 18.7. The first kappa shape index (κ1) is 20.6. The Morgan fingerprint density at radius 1 is 1.10 bits per heavy atom. The molecule has 2 amide bonds. The van der Waals surface area contributed by atoms with Crippen molar-refractivity contribution in [2.45, 2.75) is 20.3 Å². The number of piperazine rings is 1. The molecule has 6 nitrogen and oxygen atoms in total. The van der Waals surface area contributed by atoms with Crippen LogP contribution in [0.25, 0.3) is 0 Å². The van der Waals surface area contributed by atoms with Crippen molar-refractivity contribution in [3.63, 3.8) is 0 Å². The molecule has 0 bridgehead atoms. The van der Waals surface area contributed by atoms with Gasteiger partial charge in [0.2, 0.25) is 5.91 Å². The summed E-state index contributed by atoms with van der Waals surface area (Å²) in [5.41, 5.74) is 4.47. The first-order valence-electron chi connectivity index (χ1n) is 9.89. The Balaban J connectivity index is 1.30. The van der Waals surface area contributed by atoms with Gasteiger partial charge in [-0.3, -0.25) is 14.9 Å². The van der Waals surface area contributed by atoms with Crippen LogP contribution in [0, 0.1) is 13.8 Å². The number of hydrogen-bond donors (Lipinski definition) is 1. The topological polar surface area (TPSA) is 65.5 Å². The second kappa shape index (κ2) is 8.97. The predicted octanol–water partition coefficient (Wildman–Crippen LogP) is 3.97. The lowest BCUT2D eigenvalue weighted by molar-refractivity contribution is -0.130. The van der Waals surface area contributed by atoms with Crippen molar-refractivity contribution in [1.82, 2.24) is 9.88 Å². The van der Waals surface area contributed by atoms with Gasteiger partial charge in [-0.25, -0.2) is 4.98 Å². The Kier molecular flexibility index (Phi) is 6.15. The number of thiophene rings is 1. The van der Waals surface area contributed by atoms with Crippen LogP contribution in [0.15, 0.2) is 41.1 Å². The number of anilines is 2. The summed E-state index contributed by atoms with van der Waals surface area (Å²) in [6.45, 7) is 7.30. The molecule has 1 N–H and O–H groups in total. The largest absolute Gasteiger partial charge is 0.368 e. The highest BCUT2D eigenvalue weighted by molar-refractivity contribution is 7.14. The van der Waals surface area contributed by atoms with Crippen LogP contribution in [-0.4, -0.2) is 47.9 Å². The SMILES string of the molecule is Cc1ccc(C)c(N2CCN(C(=O)Cc3csc(NC(=O)c4cccs4)n3)CC2)c1. The van der Waals surface area contributed by atoms with E-state index >= 15 is 0 Å². The van der Waals surface area contributed by atoms with Gasteiger partial charge >= 0.3 is 0 Å². The van der Waals surface area contributed by atoms with Crippen molar-refractivity contribution in [2.75, 3.05) is 36.4 Å². The molecule has 8 heteroatoms. The number of aromatic nitrogens is 1. The van der Waals surface area contributed by atoms with Gasteiger partial charge in [-0.1, -0.05) is 18.2 Å². The maximum Gasteiger partial charge on any atom is 0.267 e. The molecular weight excluding hydrogens is 416 g/mol. The first-order chi connectivity index (χ1) is 14.5. The number of rotatable bonds is 5. The molecule has 156 valence electrons. The van der Waals surface area contributed by atoms with Gasteiger partial charge in [-0.15, -0.1) is 22.7 Å².